The molecule has 0 unspecified atom stereocenters. The minimum absolute atomic E-state index is 0.117. The third-order valence-electron chi connectivity index (χ3n) is 4.64. The zero-order valence-corrected chi connectivity index (χ0v) is 11.8. The number of amides is 1. The van der Waals surface area contributed by atoms with Crippen LogP contribution in [0.2, 0.25) is 0 Å². The van der Waals surface area contributed by atoms with Gasteiger partial charge in [0.15, 0.2) is 0 Å². The number of nitrogens with one attached hydrogen (secondary N) is 1. The molecule has 5 atom stereocenters. The molecule has 2 N–H and O–H groups in total. The molecule has 0 aromatic carbocycles. The Labute approximate surface area is 122 Å². The Morgan fingerprint density at radius 1 is 1.55 bits per heavy atom. The summed E-state index contributed by atoms with van der Waals surface area (Å²) in [5.74, 6) is -1.02. The summed E-state index contributed by atoms with van der Waals surface area (Å²) in [4.78, 5) is 24.0. The van der Waals surface area contributed by atoms with E-state index >= 15 is 0 Å². The first kappa shape index (κ1) is 13.9. The third kappa shape index (κ3) is 1.79. The van der Waals surface area contributed by atoms with Crippen LogP contribution in [0.3, 0.4) is 0 Å². The Bertz CT molecular complexity index is 466. The molecule has 0 aromatic heterocycles. The van der Waals surface area contributed by atoms with Gasteiger partial charge in [-0.1, -0.05) is 12.2 Å². The van der Waals surface area contributed by atoms with Crippen molar-refractivity contribution in [2.75, 3.05) is 5.88 Å². The number of alkyl halides is 1. The molecule has 2 saturated heterocycles. The predicted octanol–water partition coefficient (Wildman–Crippen LogP) is 0.743. The highest BCUT2D eigenvalue weighted by Gasteiger charge is 2.72. The van der Waals surface area contributed by atoms with Crippen molar-refractivity contribution in [2.24, 2.45) is 11.8 Å². The monoisotopic (exact) mass is 299 g/mol. The quantitative estimate of drug-likeness (QED) is 0.456. The lowest BCUT2D eigenvalue weighted by Gasteiger charge is -2.47. The van der Waals surface area contributed by atoms with Crippen LogP contribution in [0.15, 0.2) is 12.2 Å². The summed E-state index contributed by atoms with van der Waals surface area (Å²) in [6.45, 7) is 0. The normalized spacial score (nSPS) is 40.6. The molecule has 1 aliphatic carbocycles. The number of ether oxygens (including phenoxy) is 1. The van der Waals surface area contributed by atoms with Gasteiger partial charge in [-0.2, -0.15) is 0 Å². The zero-order chi connectivity index (χ0) is 14.3. The van der Waals surface area contributed by atoms with E-state index in [0.717, 1.165) is 19.3 Å². The Morgan fingerprint density at radius 2 is 2.35 bits per heavy atom. The third-order valence-corrected chi connectivity index (χ3v) is 4.85. The average Bonchev–Trinajstić information content (AvgIpc) is 2.69. The number of aliphatic hydroxyl groups excluding tert-OH is 1. The second-order valence-corrected chi connectivity index (χ2v) is 6.11. The van der Waals surface area contributed by atoms with E-state index in [1.54, 1.807) is 0 Å². The standard InChI is InChI=1S/C14H18ClNO4/c15-7-6-9-11-14(13(19)20-11,16-12(9)18)10(17)8-4-2-1-3-5-8/h2,4,8-11,17H,1,3,5-7H2,(H,16,18)/t8-,9-,10+,11+,14-/m1/s1. The fraction of sp³-hybridized carbons (Fsp3) is 0.714. The van der Waals surface area contributed by atoms with Crippen LogP contribution >= 0.6 is 11.6 Å². The van der Waals surface area contributed by atoms with E-state index in [9.17, 15) is 14.7 Å². The largest absolute Gasteiger partial charge is 0.456 e. The summed E-state index contributed by atoms with van der Waals surface area (Å²) in [7, 11) is 0. The van der Waals surface area contributed by atoms with Crippen LogP contribution in [0, 0.1) is 11.8 Å². The van der Waals surface area contributed by atoms with E-state index in [1.165, 1.54) is 0 Å². The molecule has 0 spiro atoms. The van der Waals surface area contributed by atoms with Gasteiger partial charge < -0.3 is 15.2 Å². The van der Waals surface area contributed by atoms with Gasteiger partial charge in [-0.3, -0.25) is 4.79 Å². The van der Waals surface area contributed by atoms with Crippen LogP contribution in [0.25, 0.3) is 0 Å². The Balaban J connectivity index is 1.86. The zero-order valence-electron chi connectivity index (χ0n) is 11.0. The summed E-state index contributed by atoms with van der Waals surface area (Å²) < 4.78 is 5.15. The minimum atomic E-state index is -1.26. The highest BCUT2D eigenvalue weighted by Crippen LogP contribution is 2.45. The topological polar surface area (TPSA) is 75.6 Å². The van der Waals surface area contributed by atoms with Gasteiger partial charge in [-0.25, -0.2) is 4.79 Å². The Hall–Kier alpha value is -1.07. The van der Waals surface area contributed by atoms with E-state index in [-0.39, 0.29) is 11.8 Å². The van der Waals surface area contributed by atoms with E-state index in [1.807, 2.05) is 12.2 Å². The number of allylic oxidation sites excluding steroid dienone is 1. The molecular formula is C14H18ClNO4. The first-order valence-electron chi connectivity index (χ1n) is 7.05. The van der Waals surface area contributed by atoms with E-state index < -0.39 is 29.6 Å². The lowest BCUT2D eigenvalue weighted by Crippen LogP contribution is -2.74. The number of halogens is 1. The maximum absolute atomic E-state index is 12.0. The number of hydrogen-bond acceptors (Lipinski definition) is 4. The number of esters is 1. The first-order chi connectivity index (χ1) is 9.61. The van der Waals surface area contributed by atoms with Gasteiger partial charge in [-0.05, 0) is 25.7 Å². The number of carbonyl (C=O) groups excluding carboxylic acids is 2. The van der Waals surface area contributed by atoms with Gasteiger partial charge in [0.25, 0.3) is 0 Å². The van der Waals surface area contributed by atoms with Crippen LogP contribution in [0.5, 0.6) is 0 Å². The maximum atomic E-state index is 12.0. The predicted molar refractivity (Wildman–Crippen MR) is 72.1 cm³/mol. The molecule has 2 aliphatic heterocycles. The van der Waals surface area contributed by atoms with Crippen LogP contribution in [-0.2, 0) is 14.3 Å². The summed E-state index contributed by atoms with van der Waals surface area (Å²) in [6, 6.07) is 0. The molecule has 5 nitrogen and oxygen atoms in total. The smallest absolute Gasteiger partial charge is 0.339 e. The average molecular weight is 300 g/mol. The number of hydrogen-bond donors (Lipinski definition) is 2. The molecular weight excluding hydrogens is 282 g/mol. The number of carbonyl (C=O) groups is 2. The lowest BCUT2D eigenvalue weighted by molar-refractivity contribution is -0.207. The second kappa shape index (κ2) is 5.04. The van der Waals surface area contributed by atoms with Crippen LogP contribution in [0.4, 0.5) is 0 Å². The Morgan fingerprint density at radius 3 is 2.95 bits per heavy atom. The molecule has 110 valence electrons. The summed E-state index contributed by atoms with van der Waals surface area (Å²) in [5, 5.41) is 13.3. The molecule has 1 amide bonds. The molecule has 20 heavy (non-hydrogen) atoms. The van der Waals surface area contributed by atoms with Crippen molar-refractivity contribution >= 4 is 23.5 Å². The summed E-state index contributed by atoms with van der Waals surface area (Å²) in [6.07, 6.45) is 5.65. The second-order valence-electron chi connectivity index (χ2n) is 5.74. The van der Waals surface area contributed by atoms with E-state index in [2.05, 4.69) is 5.32 Å². The molecule has 6 heteroatoms. The van der Waals surface area contributed by atoms with Crippen molar-refractivity contribution in [3.05, 3.63) is 12.2 Å². The molecule has 0 radical (unpaired) electrons. The summed E-state index contributed by atoms with van der Waals surface area (Å²) in [5.41, 5.74) is -1.26. The molecule has 2 fully saturated rings. The van der Waals surface area contributed by atoms with Crippen molar-refractivity contribution in [3.63, 3.8) is 0 Å². The maximum Gasteiger partial charge on any atom is 0.339 e. The lowest BCUT2D eigenvalue weighted by atomic mass is 9.72. The minimum Gasteiger partial charge on any atom is -0.456 e. The van der Waals surface area contributed by atoms with Crippen LogP contribution in [0.1, 0.15) is 25.7 Å². The van der Waals surface area contributed by atoms with Gasteiger partial charge >= 0.3 is 5.97 Å². The van der Waals surface area contributed by atoms with Gasteiger partial charge in [-0.15, -0.1) is 11.6 Å². The molecule has 0 saturated carbocycles. The number of rotatable bonds is 4. The van der Waals surface area contributed by atoms with Gasteiger partial charge in [0, 0.05) is 11.8 Å². The van der Waals surface area contributed by atoms with Crippen LogP contribution < -0.4 is 5.32 Å². The number of fused-ring (bicyclic) bond motifs is 1. The van der Waals surface area contributed by atoms with Gasteiger partial charge in [0.2, 0.25) is 11.4 Å². The van der Waals surface area contributed by atoms with Crippen molar-refractivity contribution in [2.45, 2.75) is 43.4 Å². The SMILES string of the molecule is O=C1N[C@@]2([C@@H](O)[C@@H]3C=CCCC3)C(=O)O[C@H]2[C@H]1CCCl. The molecule has 2 heterocycles. The van der Waals surface area contributed by atoms with Crippen molar-refractivity contribution in [1.29, 1.82) is 0 Å². The molecule has 3 aliphatic rings. The fourth-order valence-electron chi connectivity index (χ4n) is 3.52. The highest BCUT2D eigenvalue weighted by molar-refractivity contribution is 6.18. The Kier molecular flexibility index (Phi) is 3.50. The van der Waals surface area contributed by atoms with E-state index in [4.69, 9.17) is 16.3 Å². The molecule has 0 bridgehead atoms. The van der Waals surface area contributed by atoms with Crippen molar-refractivity contribution in [3.8, 4) is 0 Å². The first-order valence-corrected chi connectivity index (χ1v) is 7.58. The number of aliphatic hydroxyl groups is 1. The van der Waals surface area contributed by atoms with E-state index in [0.29, 0.717) is 12.3 Å². The fourth-order valence-corrected chi connectivity index (χ4v) is 3.76. The highest BCUT2D eigenvalue weighted by atomic mass is 35.5. The van der Waals surface area contributed by atoms with Gasteiger partial charge in [0.05, 0.1) is 12.0 Å². The van der Waals surface area contributed by atoms with Crippen LogP contribution in [-0.4, -0.2) is 40.6 Å². The van der Waals surface area contributed by atoms with Gasteiger partial charge in [0.1, 0.15) is 6.10 Å². The molecule has 3 rings (SSSR count). The van der Waals surface area contributed by atoms with Crippen molar-refractivity contribution in [1.82, 2.24) is 5.32 Å². The van der Waals surface area contributed by atoms with Crippen molar-refractivity contribution < 1.29 is 19.4 Å². The summed E-state index contributed by atoms with van der Waals surface area (Å²) >= 11 is 5.70. The molecule has 0 aromatic rings.